The third-order valence-corrected chi connectivity index (χ3v) is 3.75. The van der Waals surface area contributed by atoms with Crippen molar-refractivity contribution in [1.82, 2.24) is 20.6 Å². The number of halogens is 1. The van der Waals surface area contributed by atoms with Crippen molar-refractivity contribution in [2.24, 2.45) is 0 Å². The highest BCUT2D eigenvalue weighted by Crippen LogP contribution is 2.42. The SMILES string of the molecule is Cc1c(Br)sc(-c2nn[nH]n2)c1O. The van der Waals surface area contributed by atoms with Crippen molar-refractivity contribution in [1.29, 1.82) is 0 Å². The number of aromatic amines is 1. The number of H-pyrrole nitrogens is 1. The Kier molecular flexibility index (Phi) is 2.04. The molecule has 2 rings (SSSR count). The van der Waals surface area contributed by atoms with Crippen LogP contribution in [0.2, 0.25) is 0 Å². The van der Waals surface area contributed by atoms with Crippen molar-refractivity contribution in [3.63, 3.8) is 0 Å². The fourth-order valence-corrected chi connectivity index (χ4v) is 2.42. The molecule has 0 aliphatic rings. The molecule has 0 saturated heterocycles. The van der Waals surface area contributed by atoms with Crippen LogP contribution in [-0.2, 0) is 0 Å². The first kappa shape index (κ1) is 8.64. The molecule has 2 aromatic rings. The van der Waals surface area contributed by atoms with Gasteiger partial charge in [0.15, 0.2) is 0 Å². The number of thiophene rings is 1. The van der Waals surface area contributed by atoms with Crippen LogP contribution in [0, 0.1) is 6.92 Å². The largest absolute Gasteiger partial charge is 0.506 e. The van der Waals surface area contributed by atoms with Crippen molar-refractivity contribution >= 4 is 27.3 Å². The van der Waals surface area contributed by atoms with Crippen LogP contribution in [-0.4, -0.2) is 25.7 Å². The van der Waals surface area contributed by atoms with E-state index in [4.69, 9.17) is 0 Å². The molecule has 0 aliphatic heterocycles. The molecule has 0 radical (unpaired) electrons. The van der Waals surface area contributed by atoms with Crippen LogP contribution in [0.3, 0.4) is 0 Å². The summed E-state index contributed by atoms with van der Waals surface area (Å²) in [5.41, 5.74) is 0.796. The zero-order valence-electron chi connectivity index (χ0n) is 6.58. The Morgan fingerprint density at radius 2 is 2.31 bits per heavy atom. The molecule has 0 aromatic carbocycles. The molecule has 13 heavy (non-hydrogen) atoms. The quantitative estimate of drug-likeness (QED) is 0.819. The van der Waals surface area contributed by atoms with Gasteiger partial charge in [-0.25, -0.2) is 0 Å². The molecule has 0 fully saturated rings. The second-order valence-electron chi connectivity index (χ2n) is 2.41. The van der Waals surface area contributed by atoms with E-state index >= 15 is 0 Å². The van der Waals surface area contributed by atoms with Crippen LogP contribution >= 0.6 is 27.3 Å². The molecule has 0 aliphatic carbocycles. The maximum absolute atomic E-state index is 9.65. The smallest absolute Gasteiger partial charge is 0.218 e. The highest BCUT2D eigenvalue weighted by atomic mass is 79.9. The van der Waals surface area contributed by atoms with Gasteiger partial charge >= 0.3 is 0 Å². The van der Waals surface area contributed by atoms with E-state index in [-0.39, 0.29) is 5.75 Å². The molecular weight excluding hydrogens is 256 g/mol. The topological polar surface area (TPSA) is 74.7 Å². The van der Waals surface area contributed by atoms with Gasteiger partial charge in [0.05, 0.1) is 3.79 Å². The summed E-state index contributed by atoms with van der Waals surface area (Å²) in [7, 11) is 0. The van der Waals surface area contributed by atoms with E-state index in [0.717, 1.165) is 9.35 Å². The monoisotopic (exact) mass is 260 g/mol. The van der Waals surface area contributed by atoms with Gasteiger partial charge in [0.2, 0.25) is 5.82 Å². The summed E-state index contributed by atoms with van der Waals surface area (Å²) in [6.07, 6.45) is 0. The lowest BCUT2D eigenvalue weighted by atomic mass is 10.3. The lowest BCUT2D eigenvalue weighted by Gasteiger charge is -1.90. The molecule has 0 amide bonds. The molecule has 2 N–H and O–H groups in total. The molecule has 0 spiro atoms. The normalized spacial score (nSPS) is 10.6. The Labute approximate surface area is 85.9 Å². The van der Waals surface area contributed by atoms with E-state index in [1.54, 1.807) is 0 Å². The summed E-state index contributed by atoms with van der Waals surface area (Å²) in [5.74, 6) is 0.620. The second-order valence-corrected chi connectivity index (χ2v) is 4.75. The molecule has 2 heterocycles. The first-order valence-electron chi connectivity index (χ1n) is 3.42. The van der Waals surface area contributed by atoms with Gasteiger partial charge < -0.3 is 5.11 Å². The van der Waals surface area contributed by atoms with Gasteiger partial charge in [0.25, 0.3) is 0 Å². The first-order valence-corrected chi connectivity index (χ1v) is 5.02. The molecule has 5 nitrogen and oxygen atoms in total. The maximum atomic E-state index is 9.65. The Morgan fingerprint density at radius 3 is 2.77 bits per heavy atom. The average molecular weight is 261 g/mol. The van der Waals surface area contributed by atoms with E-state index in [0.29, 0.717) is 10.7 Å². The predicted octanol–water partition coefficient (Wildman–Crippen LogP) is 1.70. The summed E-state index contributed by atoms with van der Waals surface area (Å²) in [4.78, 5) is 0.623. The van der Waals surface area contributed by atoms with Gasteiger partial charge in [-0.2, -0.15) is 5.21 Å². The molecular formula is C6H5BrN4OS. The average Bonchev–Trinajstić information content (AvgIpc) is 2.70. The Balaban J connectivity index is 2.59. The minimum absolute atomic E-state index is 0.207. The third-order valence-electron chi connectivity index (χ3n) is 1.61. The van der Waals surface area contributed by atoms with Crippen LogP contribution in [0.4, 0.5) is 0 Å². The molecule has 7 heteroatoms. The first-order chi connectivity index (χ1) is 6.20. The number of aromatic nitrogens is 4. The molecule has 0 saturated carbocycles. The highest BCUT2D eigenvalue weighted by molar-refractivity contribution is 9.11. The van der Waals surface area contributed by atoms with E-state index in [1.165, 1.54) is 11.3 Å². The minimum Gasteiger partial charge on any atom is -0.506 e. The molecule has 0 atom stereocenters. The number of hydrogen-bond donors (Lipinski definition) is 2. The Bertz CT molecular complexity index is 424. The molecule has 68 valence electrons. The van der Waals surface area contributed by atoms with Crippen LogP contribution < -0.4 is 0 Å². The van der Waals surface area contributed by atoms with Gasteiger partial charge in [0.1, 0.15) is 10.6 Å². The standard InChI is InChI=1S/C6H5BrN4OS/c1-2-3(12)4(13-5(2)7)6-8-10-11-9-6/h12H,1H3,(H,8,9,10,11). The Morgan fingerprint density at radius 1 is 1.54 bits per heavy atom. The summed E-state index contributed by atoms with van der Waals surface area (Å²) < 4.78 is 0.879. The predicted molar refractivity (Wildman–Crippen MR) is 51.6 cm³/mol. The van der Waals surface area contributed by atoms with Crippen molar-refractivity contribution in [3.8, 4) is 16.5 Å². The minimum atomic E-state index is 0.207. The lowest BCUT2D eigenvalue weighted by molar-refractivity contribution is 0.475. The molecule has 0 unspecified atom stereocenters. The second kappa shape index (κ2) is 3.08. The zero-order valence-corrected chi connectivity index (χ0v) is 8.98. The van der Waals surface area contributed by atoms with Crippen molar-refractivity contribution < 1.29 is 5.11 Å². The fourth-order valence-electron chi connectivity index (χ4n) is 0.887. The summed E-state index contributed by atoms with van der Waals surface area (Å²) in [6.45, 7) is 1.82. The number of aromatic hydroxyl groups is 1. The van der Waals surface area contributed by atoms with Crippen LogP contribution in [0.15, 0.2) is 3.79 Å². The van der Waals surface area contributed by atoms with Crippen LogP contribution in [0.5, 0.6) is 5.75 Å². The van der Waals surface area contributed by atoms with Gasteiger partial charge in [0, 0.05) is 5.56 Å². The number of hydrogen-bond acceptors (Lipinski definition) is 5. The van der Waals surface area contributed by atoms with E-state index in [1.807, 2.05) is 6.92 Å². The van der Waals surface area contributed by atoms with E-state index in [2.05, 4.69) is 36.6 Å². The fraction of sp³-hybridized carbons (Fsp3) is 0.167. The number of nitrogens with zero attached hydrogens (tertiary/aromatic N) is 3. The van der Waals surface area contributed by atoms with Crippen LogP contribution in [0.25, 0.3) is 10.7 Å². The summed E-state index contributed by atoms with van der Waals surface area (Å²) in [6, 6.07) is 0. The van der Waals surface area contributed by atoms with Crippen LogP contribution in [0.1, 0.15) is 5.56 Å². The zero-order chi connectivity index (χ0) is 9.42. The van der Waals surface area contributed by atoms with Gasteiger partial charge in [-0.1, -0.05) is 0 Å². The van der Waals surface area contributed by atoms with Crippen molar-refractivity contribution in [3.05, 3.63) is 9.35 Å². The number of nitrogens with one attached hydrogen (secondary N) is 1. The van der Waals surface area contributed by atoms with Gasteiger partial charge in [-0.05, 0) is 28.1 Å². The van der Waals surface area contributed by atoms with Crippen molar-refractivity contribution in [2.45, 2.75) is 6.92 Å². The van der Waals surface area contributed by atoms with Crippen molar-refractivity contribution in [2.75, 3.05) is 0 Å². The molecule has 0 bridgehead atoms. The number of rotatable bonds is 1. The molecule has 2 aromatic heterocycles. The van der Waals surface area contributed by atoms with Gasteiger partial charge in [-0.15, -0.1) is 21.5 Å². The van der Waals surface area contributed by atoms with E-state index < -0.39 is 0 Å². The maximum Gasteiger partial charge on any atom is 0.218 e. The van der Waals surface area contributed by atoms with E-state index in [9.17, 15) is 5.11 Å². The summed E-state index contributed by atoms with van der Waals surface area (Å²) >= 11 is 4.71. The highest BCUT2D eigenvalue weighted by Gasteiger charge is 2.16. The third kappa shape index (κ3) is 1.33. The Hall–Kier alpha value is -0.950. The number of tetrazole rings is 1. The summed E-state index contributed by atoms with van der Waals surface area (Å²) in [5, 5.41) is 23.0. The van der Waals surface area contributed by atoms with Gasteiger partial charge in [-0.3, -0.25) is 0 Å². The lowest BCUT2D eigenvalue weighted by Crippen LogP contribution is -1.76.